The Balaban J connectivity index is 3.84. The number of esters is 1. The van der Waals surface area contributed by atoms with Crippen molar-refractivity contribution in [2.24, 2.45) is 0 Å². The summed E-state index contributed by atoms with van der Waals surface area (Å²) in [7, 11) is 1.21. The molecule has 0 amide bonds. The molecule has 0 aliphatic heterocycles. The number of ether oxygens (including phenoxy) is 1. The van der Waals surface area contributed by atoms with Crippen molar-refractivity contribution in [3.63, 3.8) is 0 Å². The first kappa shape index (κ1) is 11.4. The molecule has 0 aromatic rings. The number of rotatable bonds is 5. The molecule has 0 fully saturated rings. The van der Waals surface area contributed by atoms with Gasteiger partial charge in [0.1, 0.15) is 0 Å². The summed E-state index contributed by atoms with van der Waals surface area (Å²) < 4.78 is 4.32. The van der Waals surface area contributed by atoms with Crippen LogP contribution in [0.4, 0.5) is 0 Å². The van der Waals surface area contributed by atoms with E-state index in [1.165, 1.54) is 7.11 Å². The Bertz CT molecular complexity index is 168. The van der Waals surface area contributed by atoms with E-state index in [0.29, 0.717) is 6.42 Å². The van der Waals surface area contributed by atoms with Crippen LogP contribution in [0.15, 0.2) is 0 Å². The molecule has 0 aromatic carbocycles. The molecule has 0 aromatic heterocycles. The summed E-state index contributed by atoms with van der Waals surface area (Å²) in [5, 5.41) is -1.12. The van der Waals surface area contributed by atoms with Gasteiger partial charge in [-0.05, 0) is 6.42 Å². The highest BCUT2D eigenvalue weighted by atomic mass is 35.5. The fourth-order valence-corrected chi connectivity index (χ4v) is 0.911. The molecular formula is C8H13ClO3. The molecule has 0 heterocycles. The van der Waals surface area contributed by atoms with Gasteiger partial charge in [-0.3, -0.25) is 4.79 Å². The highest BCUT2D eigenvalue weighted by molar-refractivity contribution is 6.41. The Kier molecular flexibility index (Phi) is 5.72. The molecule has 3 nitrogen and oxygen atoms in total. The van der Waals surface area contributed by atoms with Crippen LogP contribution in [-0.2, 0) is 14.3 Å². The summed E-state index contributed by atoms with van der Waals surface area (Å²) in [5.74, 6) is -0.928. The Morgan fingerprint density at radius 3 is 2.50 bits per heavy atom. The standard InChI is InChI=1S/C8H13ClO3/c1-3-4-5-6(10)7(9)8(11)12-2/h7H,3-5H2,1-2H3/t7-/m1/s1. The van der Waals surface area contributed by atoms with E-state index in [1.54, 1.807) is 0 Å². The van der Waals surface area contributed by atoms with E-state index in [1.807, 2.05) is 6.92 Å². The minimum absolute atomic E-state index is 0.259. The molecule has 0 radical (unpaired) electrons. The number of hydrogen-bond acceptors (Lipinski definition) is 3. The van der Waals surface area contributed by atoms with Gasteiger partial charge in [-0.15, -0.1) is 11.6 Å². The zero-order valence-corrected chi connectivity index (χ0v) is 8.06. The second-order valence-corrected chi connectivity index (χ2v) is 2.89. The van der Waals surface area contributed by atoms with Crippen LogP contribution in [0.1, 0.15) is 26.2 Å². The normalized spacial score (nSPS) is 12.2. The van der Waals surface area contributed by atoms with Gasteiger partial charge in [0.15, 0.2) is 11.2 Å². The van der Waals surface area contributed by atoms with Crippen LogP contribution in [-0.4, -0.2) is 24.2 Å². The molecule has 0 unspecified atom stereocenters. The van der Waals surface area contributed by atoms with Gasteiger partial charge in [0.25, 0.3) is 0 Å². The summed E-state index contributed by atoms with van der Waals surface area (Å²) >= 11 is 5.49. The van der Waals surface area contributed by atoms with Crippen LogP contribution < -0.4 is 0 Å². The number of halogens is 1. The summed E-state index contributed by atoms with van der Waals surface area (Å²) in [5.41, 5.74) is 0. The van der Waals surface area contributed by atoms with Crippen molar-refractivity contribution in [1.82, 2.24) is 0 Å². The summed E-state index contributed by atoms with van der Waals surface area (Å²) in [4.78, 5) is 21.8. The molecule has 0 rings (SSSR count). The number of hydrogen-bond donors (Lipinski definition) is 0. The number of carbonyl (C=O) groups excluding carboxylic acids is 2. The summed E-state index contributed by atoms with van der Waals surface area (Å²) in [6.45, 7) is 1.97. The Hall–Kier alpha value is -0.570. The smallest absolute Gasteiger partial charge is 0.331 e. The highest BCUT2D eigenvalue weighted by Gasteiger charge is 2.23. The van der Waals surface area contributed by atoms with Gasteiger partial charge >= 0.3 is 5.97 Å². The van der Waals surface area contributed by atoms with Crippen LogP contribution in [0.5, 0.6) is 0 Å². The van der Waals surface area contributed by atoms with Gasteiger partial charge in [0.05, 0.1) is 7.11 Å². The SMILES string of the molecule is CCCCC(=O)[C@@H](Cl)C(=O)OC. The molecule has 0 bridgehead atoms. The molecule has 12 heavy (non-hydrogen) atoms. The molecule has 0 spiro atoms. The maximum atomic E-state index is 11.1. The van der Waals surface area contributed by atoms with Gasteiger partial charge in [-0.1, -0.05) is 13.3 Å². The van der Waals surface area contributed by atoms with Gasteiger partial charge in [0.2, 0.25) is 0 Å². The maximum Gasteiger partial charge on any atom is 0.331 e. The van der Waals surface area contributed by atoms with E-state index in [2.05, 4.69) is 4.74 Å². The number of alkyl halides is 1. The zero-order valence-electron chi connectivity index (χ0n) is 7.30. The first-order valence-corrected chi connectivity index (χ1v) is 4.31. The number of unbranched alkanes of at least 4 members (excludes halogenated alkanes) is 1. The quantitative estimate of drug-likeness (QED) is 0.377. The van der Waals surface area contributed by atoms with Crippen molar-refractivity contribution in [3.8, 4) is 0 Å². The van der Waals surface area contributed by atoms with Crippen molar-refractivity contribution >= 4 is 23.4 Å². The summed E-state index contributed by atoms with van der Waals surface area (Å²) in [6, 6.07) is 0. The lowest BCUT2D eigenvalue weighted by Gasteiger charge is -2.04. The van der Waals surface area contributed by atoms with Crippen molar-refractivity contribution in [1.29, 1.82) is 0 Å². The zero-order chi connectivity index (χ0) is 9.56. The molecule has 1 atom stereocenters. The Morgan fingerprint density at radius 1 is 1.50 bits per heavy atom. The van der Waals surface area contributed by atoms with Crippen molar-refractivity contribution < 1.29 is 14.3 Å². The van der Waals surface area contributed by atoms with Gasteiger partial charge in [0, 0.05) is 6.42 Å². The second kappa shape index (κ2) is 6.00. The van der Waals surface area contributed by atoms with Gasteiger partial charge in [-0.2, -0.15) is 0 Å². The molecule has 0 saturated carbocycles. The summed E-state index contributed by atoms with van der Waals surface area (Å²) in [6.07, 6.45) is 2.02. The lowest BCUT2D eigenvalue weighted by Crippen LogP contribution is -2.25. The molecule has 70 valence electrons. The third-order valence-electron chi connectivity index (χ3n) is 1.47. The third-order valence-corrected chi connectivity index (χ3v) is 1.89. The number of Topliss-reactive ketones (excluding diaryl/α,β-unsaturated/α-hetero) is 1. The van der Waals surface area contributed by atoms with Crippen LogP contribution in [0.3, 0.4) is 0 Å². The van der Waals surface area contributed by atoms with Crippen molar-refractivity contribution in [2.75, 3.05) is 7.11 Å². The van der Waals surface area contributed by atoms with Crippen LogP contribution in [0.2, 0.25) is 0 Å². The minimum atomic E-state index is -1.12. The topological polar surface area (TPSA) is 43.4 Å². The average Bonchev–Trinajstić information content (AvgIpc) is 2.11. The van der Waals surface area contributed by atoms with Crippen LogP contribution in [0, 0.1) is 0 Å². The predicted molar refractivity (Wildman–Crippen MR) is 46.2 cm³/mol. The molecule has 0 aliphatic rings. The second-order valence-electron chi connectivity index (χ2n) is 2.46. The largest absolute Gasteiger partial charge is 0.468 e. The van der Waals surface area contributed by atoms with Gasteiger partial charge in [-0.25, -0.2) is 4.79 Å². The molecule has 0 aliphatic carbocycles. The number of methoxy groups -OCH3 is 1. The first-order valence-electron chi connectivity index (χ1n) is 3.88. The lowest BCUT2D eigenvalue weighted by molar-refractivity contribution is -0.142. The Labute approximate surface area is 77.0 Å². The predicted octanol–water partition coefficient (Wildman–Crippen LogP) is 1.53. The van der Waals surface area contributed by atoms with E-state index in [-0.39, 0.29) is 5.78 Å². The number of ketones is 1. The monoisotopic (exact) mass is 192 g/mol. The Morgan fingerprint density at radius 2 is 2.08 bits per heavy atom. The lowest BCUT2D eigenvalue weighted by atomic mass is 10.1. The fourth-order valence-electron chi connectivity index (χ4n) is 0.713. The number of carbonyl (C=O) groups is 2. The van der Waals surface area contributed by atoms with Crippen molar-refractivity contribution in [3.05, 3.63) is 0 Å². The van der Waals surface area contributed by atoms with E-state index in [9.17, 15) is 9.59 Å². The average molecular weight is 193 g/mol. The minimum Gasteiger partial charge on any atom is -0.468 e. The highest BCUT2D eigenvalue weighted by Crippen LogP contribution is 2.06. The van der Waals surface area contributed by atoms with Crippen LogP contribution in [0.25, 0.3) is 0 Å². The molecule has 4 heteroatoms. The maximum absolute atomic E-state index is 11.1. The van der Waals surface area contributed by atoms with E-state index < -0.39 is 11.3 Å². The third kappa shape index (κ3) is 3.72. The fraction of sp³-hybridized carbons (Fsp3) is 0.750. The first-order chi connectivity index (χ1) is 5.63. The van der Waals surface area contributed by atoms with E-state index >= 15 is 0 Å². The van der Waals surface area contributed by atoms with E-state index in [0.717, 1.165) is 12.8 Å². The molecular weight excluding hydrogens is 180 g/mol. The molecule has 0 N–H and O–H groups in total. The van der Waals surface area contributed by atoms with Gasteiger partial charge < -0.3 is 4.74 Å². The van der Waals surface area contributed by atoms with Crippen LogP contribution >= 0.6 is 11.6 Å². The molecule has 0 saturated heterocycles. The van der Waals surface area contributed by atoms with Crippen molar-refractivity contribution in [2.45, 2.75) is 31.6 Å². The van der Waals surface area contributed by atoms with E-state index in [4.69, 9.17) is 11.6 Å².